The van der Waals surface area contributed by atoms with Crippen molar-refractivity contribution in [3.63, 3.8) is 0 Å². The van der Waals surface area contributed by atoms with E-state index < -0.39 is 5.97 Å². The molecule has 3 rings (SSSR count). The highest BCUT2D eigenvalue weighted by Gasteiger charge is 2.33. The van der Waals surface area contributed by atoms with Gasteiger partial charge in [0.25, 0.3) is 11.5 Å². The summed E-state index contributed by atoms with van der Waals surface area (Å²) in [6.45, 7) is 8.95. The zero-order chi connectivity index (χ0) is 30.6. The fraction of sp³-hybridized carbons (Fsp3) is 0.656. The minimum atomic E-state index is -0.726. The first-order valence-electron chi connectivity index (χ1n) is 15.6. The van der Waals surface area contributed by atoms with Gasteiger partial charge in [-0.15, -0.1) is 0 Å². The Hall–Kier alpha value is -2.64. The molecule has 3 heterocycles. The van der Waals surface area contributed by atoms with Crippen LogP contribution in [0.25, 0.3) is 6.08 Å². The number of nitriles is 1. The van der Waals surface area contributed by atoms with E-state index in [1.54, 1.807) is 9.47 Å². The molecule has 1 N–H and O–H groups in total. The fourth-order valence-corrected chi connectivity index (χ4v) is 6.95. The summed E-state index contributed by atoms with van der Waals surface area (Å²) in [5.74, 6) is 0.617. The van der Waals surface area contributed by atoms with Gasteiger partial charge in [0.05, 0.1) is 4.91 Å². The molecular formula is C32H46N4O4S2. The van der Waals surface area contributed by atoms with E-state index >= 15 is 0 Å². The number of carboxylic acid groups (broad SMARTS) is 1. The first kappa shape index (κ1) is 33.9. The van der Waals surface area contributed by atoms with Crippen molar-refractivity contribution < 1.29 is 14.7 Å². The lowest BCUT2D eigenvalue weighted by Gasteiger charge is -2.35. The van der Waals surface area contributed by atoms with Crippen LogP contribution in [-0.4, -0.2) is 50.4 Å². The fourth-order valence-electron chi connectivity index (χ4n) is 5.66. The molecule has 1 aromatic rings. The minimum absolute atomic E-state index is 0.106. The van der Waals surface area contributed by atoms with Crippen LogP contribution in [0.5, 0.6) is 0 Å². The van der Waals surface area contributed by atoms with Crippen molar-refractivity contribution in [3.8, 4) is 6.07 Å². The van der Waals surface area contributed by atoms with E-state index in [1.807, 2.05) is 13.0 Å². The zero-order valence-electron chi connectivity index (χ0n) is 25.5. The molecule has 0 unspecified atom stereocenters. The first-order valence-corrected chi connectivity index (χ1v) is 16.8. The molecule has 0 spiro atoms. The maximum atomic E-state index is 13.5. The maximum Gasteiger partial charge on any atom is 0.303 e. The topological polar surface area (TPSA) is 107 Å². The van der Waals surface area contributed by atoms with Crippen LogP contribution < -0.4 is 10.5 Å². The third kappa shape index (κ3) is 8.93. The van der Waals surface area contributed by atoms with Gasteiger partial charge in [-0.1, -0.05) is 82.8 Å². The Labute approximate surface area is 260 Å². The third-order valence-electron chi connectivity index (χ3n) is 8.34. The number of aromatic nitrogens is 1. The van der Waals surface area contributed by atoms with Gasteiger partial charge in [-0.3, -0.25) is 23.9 Å². The molecule has 0 bridgehead atoms. The summed E-state index contributed by atoms with van der Waals surface area (Å²) in [6.07, 6.45) is 13.9. The Morgan fingerprint density at radius 3 is 2.26 bits per heavy atom. The number of carbonyl (C=O) groups excluding carboxylic acids is 1. The Morgan fingerprint density at radius 2 is 1.67 bits per heavy atom. The van der Waals surface area contributed by atoms with Gasteiger partial charge in [-0.25, -0.2) is 0 Å². The lowest BCUT2D eigenvalue weighted by Crippen LogP contribution is -2.39. The summed E-state index contributed by atoms with van der Waals surface area (Å²) >= 11 is 6.92. The van der Waals surface area contributed by atoms with E-state index in [4.69, 9.17) is 17.3 Å². The number of aliphatic carboxylic acids is 1. The smallest absolute Gasteiger partial charge is 0.303 e. The van der Waals surface area contributed by atoms with Gasteiger partial charge < -0.3 is 10.0 Å². The number of rotatable bonds is 16. The van der Waals surface area contributed by atoms with Crippen LogP contribution in [0.3, 0.4) is 0 Å². The molecule has 2 saturated heterocycles. The lowest BCUT2D eigenvalue weighted by atomic mass is 9.97. The molecule has 0 aliphatic carbocycles. The largest absolute Gasteiger partial charge is 0.481 e. The molecule has 0 radical (unpaired) electrons. The quantitative estimate of drug-likeness (QED) is 0.122. The SMILES string of the molecule is CCCCn1c(N2CCC(C)CC2)c(/C=C2\SC(=S)N(CCCCCCCCCCC(=O)O)C2=O)c(C)c(C#N)c1=O. The number of thioether (sulfide) groups is 1. The summed E-state index contributed by atoms with van der Waals surface area (Å²) in [4.78, 5) is 42.1. The Bertz CT molecular complexity index is 1260. The predicted octanol–water partition coefficient (Wildman–Crippen LogP) is 6.86. The van der Waals surface area contributed by atoms with Crippen LogP contribution in [-0.2, 0) is 16.1 Å². The monoisotopic (exact) mass is 614 g/mol. The predicted molar refractivity (Wildman–Crippen MR) is 175 cm³/mol. The maximum absolute atomic E-state index is 13.5. The average Bonchev–Trinajstić information content (AvgIpc) is 3.22. The van der Waals surface area contributed by atoms with Crippen LogP contribution in [0, 0.1) is 24.2 Å². The molecular weight excluding hydrogens is 569 g/mol. The molecule has 1 aromatic heterocycles. The van der Waals surface area contributed by atoms with Crippen LogP contribution in [0.2, 0.25) is 0 Å². The number of hydrogen-bond donors (Lipinski definition) is 1. The van der Waals surface area contributed by atoms with E-state index in [0.717, 1.165) is 102 Å². The molecule has 10 heteroatoms. The average molecular weight is 615 g/mol. The van der Waals surface area contributed by atoms with E-state index in [2.05, 4.69) is 24.8 Å². The summed E-state index contributed by atoms with van der Waals surface area (Å²) in [6, 6.07) is 2.14. The Kier molecular flexibility index (Phi) is 13.6. The third-order valence-corrected chi connectivity index (χ3v) is 9.71. The first-order chi connectivity index (χ1) is 20.2. The van der Waals surface area contributed by atoms with Crippen molar-refractivity contribution in [2.75, 3.05) is 24.5 Å². The number of nitrogens with zero attached hydrogens (tertiary/aromatic N) is 4. The highest BCUT2D eigenvalue weighted by molar-refractivity contribution is 8.26. The second kappa shape index (κ2) is 16.9. The molecule has 0 atom stereocenters. The van der Waals surface area contributed by atoms with Gasteiger partial charge >= 0.3 is 5.97 Å². The molecule has 8 nitrogen and oxygen atoms in total. The molecule has 230 valence electrons. The van der Waals surface area contributed by atoms with Crippen molar-refractivity contribution in [1.29, 1.82) is 5.26 Å². The van der Waals surface area contributed by atoms with Gasteiger partial charge in [0.2, 0.25) is 0 Å². The minimum Gasteiger partial charge on any atom is -0.481 e. The zero-order valence-corrected chi connectivity index (χ0v) is 27.1. The second-order valence-corrected chi connectivity index (χ2v) is 13.3. The standard InChI is InChI=1S/C32H46N4O4S2/c1-4-5-17-35-29(34-19-15-23(2)16-20-34)25(24(3)26(22-33)30(35)39)21-27-31(40)36(32(41)42-27)18-13-11-9-7-6-8-10-12-14-28(37)38/h21,23H,4-20H2,1-3H3,(H,37,38)/b27-21-. The molecule has 2 fully saturated rings. The molecule has 0 aromatic carbocycles. The second-order valence-electron chi connectivity index (χ2n) is 11.6. The van der Waals surface area contributed by atoms with Gasteiger partial charge in [0.15, 0.2) is 0 Å². The number of carboxylic acids is 1. The number of anilines is 1. The molecule has 2 aliphatic heterocycles. The number of pyridine rings is 1. The van der Waals surface area contributed by atoms with E-state index in [0.29, 0.717) is 33.8 Å². The lowest BCUT2D eigenvalue weighted by molar-refractivity contribution is -0.137. The number of hydrogen-bond acceptors (Lipinski definition) is 7. The molecule has 0 saturated carbocycles. The van der Waals surface area contributed by atoms with Crippen LogP contribution in [0.1, 0.15) is 114 Å². The summed E-state index contributed by atoms with van der Waals surface area (Å²) in [5, 5.41) is 18.6. The molecule has 2 aliphatic rings. The van der Waals surface area contributed by atoms with Gasteiger partial charge in [-0.05, 0) is 56.6 Å². The van der Waals surface area contributed by atoms with E-state index in [-0.39, 0.29) is 23.5 Å². The van der Waals surface area contributed by atoms with E-state index in [9.17, 15) is 19.6 Å². The van der Waals surface area contributed by atoms with Gasteiger partial charge in [0.1, 0.15) is 21.8 Å². The van der Waals surface area contributed by atoms with Crippen LogP contribution in [0.4, 0.5) is 5.82 Å². The number of carbonyl (C=O) groups is 2. The summed E-state index contributed by atoms with van der Waals surface area (Å²) in [5.41, 5.74) is 1.30. The van der Waals surface area contributed by atoms with Crippen molar-refractivity contribution in [2.45, 2.75) is 111 Å². The number of unbranched alkanes of at least 4 members (excludes halogenated alkanes) is 8. The Balaban J connectivity index is 1.74. The number of piperidine rings is 1. The molecule has 42 heavy (non-hydrogen) atoms. The highest BCUT2D eigenvalue weighted by Crippen LogP contribution is 2.37. The summed E-state index contributed by atoms with van der Waals surface area (Å²) in [7, 11) is 0. The summed E-state index contributed by atoms with van der Waals surface area (Å²) < 4.78 is 2.32. The number of thiocarbonyl (C=S) groups is 1. The highest BCUT2D eigenvalue weighted by atomic mass is 32.2. The van der Waals surface area contributed by atoms with E-state index in [1.165, 1.54) is 11.8 Å². The van der Waals surface area contributed by atoms with Crippen LogP contribution in [0.15, 0.2) is 9.70 Å². The Morgan fingerprint density at radius 1 is 1.05 bits per heavy atom. The molecule has 1 amide bonds. The van der Waals surface area contributed by atoms with Gasteiger partial charge in [-0.2, -0.15) is 5.26 Å². The van der Waals surface area contributed by atoms with Crippen molar-refractivity contribution in [2.24, 2.45) is 5.92 Å². The van der Waals surface area contributed by atoms with Crippen molar-refractivity contribution in [3.05, 3.63) is 31.9 Å². The van der Waals surface area contributed by atoms with Crippen LogP contribution >= 0.6 is 24.0 Å². The van der Waals surface area contributed by atoms with Gasteiger partial charge in [0, 0.05) is 38.2 Å². The normalized spacial score (nSPS) is 17.0. The number of amides is 1. The van der Waals surface area contributed by atoms with Crippen molar-refractivity contribution >= 4 is 52.1 Å². The van der Waals surface area contributed by atoms with Crippen molar-refractivity contribution in [1.82, 2.24) is 9.47 Å².